The zero-order valence-corrected chi connectivity index (χ0v) is 8.48. The standard InChI is InChI=1S/C9H17N5/c1-14-6-12-13-9(14)2-3-11-8-4-7(10)5-8/h6-8,11H,2-5,10H2,1H3. The van der Waals surface area contributed by atoms with Gasteiger partial charge in [-0.1, -0.05) is 0 Å². The van der Waals surface area contributed by atoms with Gasteiger partial charge in [-0.2, -0.15) is 0 Å². The first-order valence-electron chi connectivity index (χ1n) is 5.07. The van der Waals surface area contributed by atoms with Crippen molar-refractivity contribution in [2.45, 2.75) is 31.3 Å². The van der Waals surface area contributed by atoms with Crippen LogP contribution in [-0.2, 0) is 13.5 Å². The van der Waals surface area contributed by atoms with E-state index < -0.39 is 0 Å². The molecular weight excluding hydrogens is 178 g/mol. The summed E-state index contributed by atoms with van der Waals surface area (Å²) < 4.78 is 1.95. The molecule has 0 bridgehead atoms. The van der Waals surface area contributed by atoms with Crippen molar-refractivity contribution in [3.63, 3.8) is 0 Å². The Morgan fingerprint density at radius 3 is 3.00 bits per heavy atom. The first-order chi connectivity index (χ1) is 6.75. The lowest BCUT2D eigenvalue weighted by Crippen LogP contribution is -2.48. The lowest BCUT2D eigenvalue weighted by molar-refractivity contribution is 0.293. The van der Waals surface area contributed by atoms with Crippen molar-refractivity contribution in [3.05, 3.63) is 12.2 Å². The Morgan fingerprint density at radius 1 is 1.64 bits per heavy atom. The van der Waals surface area contributed by atoms with E-state index in [2.05, 4.69) is 15.5 Å². The molecule has 1 aromatic heterocycles. The van der Waals surface area contributed by atoms with Crippen molar-refractivity contribution in [2.24, 2.45) is 12.8 Å². The van der Waals surface area contributed by atoms with Crippen LogP contribution in [0.2, 0.25) is 0 Å². The fourth-order valence-corrected chi connectivity index (χ4v) is 1.75. The summed E-state index contributed by atoms with van der Waals surface area (Å²) in [5, 5.41) is 11.3. The van der Waals surface area contributed by atoms with Gasteiger partial charge in [0.05, 0.1) is 0 Å². The second-order valence-electron chi connectivity index (χ2n) is 3.99. The summed E-state index contributed by atoms with van der Waals surface area (Å²) in [7, 11) is 1.97. The first kappa shape index (κ1) is 9.61. The van der Waals surface area contributed by atoms with Gasteiger partial charge < -0.3 is 15.6 Å². The van der Waals surface area contributed by atoms with Crippen molar-refractivity contribution in [1.82, 2.24) is 20.1 Å². The summed E-state index contributed by atoms with van der Waals surface area (Å²) in [5.41, 5.74) is 5.69. The maximum absolute atomic E-state index is 5.69. The van der Waals surface area contributed by atoms with Crippen molar-refractivity contribution in [3.8, 4) is 0 Å². The quantitative estimate of drug-likeness (QED) is 0.675. The van der Waals surface area contributed by atoms with Crippen LogP contribution in [0, 0.1) is 0 Å². The molecule has 0 radical (unpaired) electrons. The molecule has 1 aromatic rings. The van der Waals surface area contributed by atoms with Crippen molar-refractivity contribution in [2.75, 3.05) is 6.54 Å². The number of nitrogens with two attached hydrogens (primary N) is 1. The summed E-state index contributed by atoms with van der Waals surface area (Å²) in [6, 6.07) is 1.04. The van der Waals surface area contributed by atoms with Gasteiger partial charge >= 0.3 is 0 Å². The van der Waals surface area contributed by atoms with Crippen LogP contribution in [0.4, 0.5) is 0 Å². The average Bonchev–Trinajstić information content (AvgIpc) is 2.49. The Hall–Kier alpha value is -0.940. The summed E-state index contributed by atoms with van der Waals surface area (Å²) in [5.74, 6) is 1.03. The van der Waals surface area contributed by atoms with Gasteiger partial charge in [-0.15, -0.1) is 10.2 Å². The molecule has 3 N–H and O–H groups in total. The highest BCUT2D eigenvalue weighted by molar-refractivity contribution is 4.90. The van der Waals surface area contributed by atoms with Gasteiger partial charge in [-0.25, -0.2) is 0 Å². The molecule has 0 atom stereocenters. The van der Waals surface area contributed by atoms with Gasteiger partial charge in [0.1, 0.15) is 12.2 Å². The number of hydrogen-bond acceptors (Lipinski definition) is 4. The van der Waals surface area contributed by atoms with E-state index >= 15 is 0 Å². The molecule has 1 aliphatic carbocycles. The van der Waals surface area contributed by atoms with Gasteiger partial charge in [0, 0.05) is 32.1 Å². The largest absolute Gasteiger partial charge is 0.328 e. The minimum atomic E-state index is 0.419. The molecular formula is C9H17N5. The normalized spacial score (nSPS) is 26.1. The minimum Gasteiger partial charge on any atom is -0.328 e. The minimum absolute atomic E-state index is 0.419. The van der Waals surface area contributed by atoms with Crippen LogP contribution >= 0.6 is 0 Å². The average molecular weight is 195 g/mol. The summed E-state index contributed by atoms with van der Waals surface area (Å²) >= 11 is 0. The lowest BCUT2D eigenvalue weighted by Gasteiger charge is -2.33. The van der Waals surface area contributed by atoms with Gasteiger partial charge in [0.2, 0.25) is 0 Å². The zero-order valence-electron chi connectivity index (χ0n) is 8.48. The third kappa shape index (κ3) is 2.10. The molecule has 1 saturated carbocycles. The van der Waals surface area contributed by atoms with Gasteiger partial charge in [-0.05, 0) is 12.8 Å². The van der Waals surface area contributed by atoms with E-state index in [1.54, 1.807) is 6.33 Å². The Morgan fingerprint density at radius 2 is 2.43 bits per heavy atom. The fraction of sp³-hybridized carbons (Fsp3) is 0.778. The molecule has 1 heterocycles. The Balaban J connectivity index is 1.66. The number of nitrogens with zero attached hydrogens (tertiary/aromatic N) is 3. The smallest absolute Gasteiger partial charge is 0.133 e. The molecule has 0 unspecified atom stereocenters. The fourth-order valence-electron chi connectivity index (χ4n) is 1.75. The highest BCUT2D eigenvalue weighted by Gasteiger charge is 2.24. The molecule has 5 heteroatoms. The van der Waals surface area contributed by atoms with Crippen LogP contribution in [0.5, 0.6) is 0 Å². The maximum Gasteiger partial charge on any atom is 0.133 e. The lowest BCUT2D eigenvalue weighted by atomic mass is 9.88. The number of nitrogens with one attached hydrogen (secondary N) is 1. The third-order valence-electron chi connectivity index (χ3n) is 2.76. The highest BCUT2D eigenvalue weighted by Crippen LogP contribution is 2.16. The second-order valence-corrected chi connectivity index (χ2v) is 3.99. The van der Waals surface area contributed by atoms with E-state index in [4.69, 9.17) is 5.73 Å². The molecule has 0 saturated heterocycles. The Labute approximate surface area is 83.7 Å². The SMILES string of the molecule is Cn1cnnc1CCNC1CC(N)C1. The molecule has 1 fully saturated rings. The molecule has 0 aliphatic heterocycles. The number of aryl methyl sites for hydroxylation is 1. The highest BCUT2D eigenvalue weighted by atomic mass is 15.2. The summed E-state index contributed by atoms with van der Waals surface area (Å²) in [4.78, 5) is 0. The molecule has 0 amide bonds. The van der Waals surface area contributed by atoms with Gasteiger partial charge in [0.25, 0.3) is 0 Å². The molecule has 78 valence electrons. The van der Waals surface area contributed by atoms with Crippen molar-refractivity contribution < 1.29 is 0 Å². The number of aromatic nitrogens is 3. The molecule has 1 aliphatic rings. The third-order valence-corrected chi connectivity index (χ3v) is 2.76. The first-order valence-corrected chi connectivity index (χ1v) is 5.07. The maximum atomic E-state index is 5.69. The van der Waals surface area contributed by atoms with Gasteiger partial charge in [-0.3, -0.25) is 0 Å². The van der Waals surface area contributed by atoms with E-state index in [1.807, 2.05) is 11.6 Å². The molecule has 5 nitrogen and oxygen atoms in total. The van der Waals surface area contributed by atoms with Crippen LogP contribution in [0.15, 0.2) is 6.33 Å². The second kappa shape index (κ2) is 4.06. The predicted octanol–water partition coefficient (Wildman–Crippen LogP) is -0.563. The van der Waals surface area contributed by atoms with E-state index in [-0.39, 0.29) is 0 Å². The molecule has 2 rings (SSSR count). The zero-order chi connectivity index (χ0) is 9.97. The van der Waals surface area contributed by atoms with Crippen LogP contribution in [0.1, 0.15) is 18.7 Å². The van der Waals surface area contributed by atoms with Crippen molar-refractivity contribution >= 4 is 0 Å². The van der Waals surface area contributed by atoms with Crippen LogP contribution < -0.4 is 11.1 Å². The number of hydrogen-bond donors (Lipinski definition) is 2. The molecule has 0 spiro atoms. The van der Waals surface area contributed by atoms with Crippen LogP contribution in [0.3, 0.4) is 0 Å². The van der Waals surface area contributed by atoms with Crippen LogP contribution in [-0.4, -0.2) is 33.4 Å². The predicted molar refractivity (Wildman–Crippen MR) is 53.7 cm³/mol. The van der Waals surface area contributed by atoms with E-state index in [9.17, 15) is 0 Å². The van der Waals surface area contributed by atoms with E-state index in [0.717, 1.165) is 31.6 Å². The monoisotopic (exact) mass is 195 g/mol. The van der Waals surface area contributed by atoms with Gasteiger partial charge in [0.15, 0.2) is 0 Å². The topological polar surface area (TPSA) is 68.8 Å². The number of rotatable bonds is 4. The van der Waals surface area contributed by atoms with Crippen molar-refractivity contribution in [1.29, 1.82) is 0 Å². The molecule has 14 heavy (non-hydrogen) atoms. The van der Waals surface area contributed by atoms with E-state index in [0.29, 0.717) is 12.1 Å². The van der Waals surface area contributed by atoms with Crippen LogP contribution in [0.25, 0.3) is 0 Å². The molecule has 0 aromatic carbocycles. The van der Waals surface area contributed by atoms with E-state index in [1.165, 1.54) is 0 Å². The summed E-state index contributed by atoms with van der Waals surface area (Å²) in [6.07, 6.45) is 4.88. The Kier molecular flexibility index (Phi) is 2.79. The summed E-state index contributed by atoms with van der Waals surface area (Å²) in [6.45, 7) is 0.962. The Bertz CT molecular complexity index is 289.